The molecule has 0 bridgehead atoms. The maximum atomic E-state index is 2.32. The Morgan fingerprint density at radius 2 is 1.46 bits per heavy atom. The van der Waals surface area contributed by atoms with Gasteiger partial charge in [-0.3, -0.25) is 0 Å². The van der Waals surface area contributed by atoms with Crippen LogP contribution in [0.2, 0.25) is 0 Å². The highest BCUT2D eigenvalue weighted by Gasteiger charge is 1.95. The second kappa shape index (κ2) is 12.0. The highest BCUT2D eigenvalue weighted by molar-refractivity contribution is 4.50. The average Bonchev–Trinajstić information content (AvgIpc) is 2.06. The van der Waals surface area contributed by atoms with Crippen molar-refractivity contribution in [2.75, 3.05) is 20.1 Å². The highest BCUT2D eigenvalue weighted by Crippen LogP contribution is 1.93. The fraction of sp³-hybridized carbons (Fsp3) is 1.00. The van der Waals surface area contributed by atoms with E-state index in [-0.39, 0.29) is 0 Å². The monoisotopic (exact) mass is 187 g/mol. The van der Waals surface area contributed by atoms with Crippen LogP contribution in [0.3, 0.4) is 0 Å². The van der Waals surface area contributed by atoms with Crippen molar-refractivity contribution in [1.82, 2.24) is 4.90 Å². The molecular formula is C12H29N. The van der Waals surface area contributed by atoms with Crippen molar-refractivity contribution in [2.24, 2.45) is 5.92 Å². The maximum Gasteiger partial charge on any atom is 0.000122 e. The Hall–Kier alpha value is -0.0400. The van der Waals surface area contributed by atoms with E-state index in [1.807, 2.05) is 0 Å². The van der Waals surface area contributed by atoms with Gasteiger partial charge in [0.1, 0.15) is 0 Å². The van der Waals surface area contributed by atoms with Gasteiger partial charge in [0.15, 0.2) is 0 Å². The first-order valence-corrected chi connectivity index (χ1v) is 5.76. The molecule has 0 aromatic rings. The van der Waals surface area contributed by atoms with E-state index in [0.717, 1.165) is 12.5 Å². The van der Waals surface area contributed by atoms with Crippen LogP contribution in [0.1, 0.15) is 53.9 Å². The van der Waals surface area contributed by atoms with Crippen LogP contribution in [-0.2, 0) is 0 Å². The second-order valence-electron chi connectivity index (χ2n) is 4.10. The molecule has 0 fully saturated rings. The smallest absolute Gasteiger partial charge is 0.000122 e. The van der Waals surface area contributed by atoms with E-state index in [1.54, 1.807) is 0 Å². The van der Waals surface area contributed by atoms with Crippen LogP contribution < -0.4 is 0 Å². The van der Waals surface area contributed by atoms with Gasteiger partial charge in [-0.1, -0.05) is 53.9 Å². The predicted molar refractivity (Wildman–Crippen MR) is 63.2 cm³/mol. The molecule has 0 amide bonds. The Morgan fingerprint density at radius 3 is 1.54 bits per heavy atom. The van der Waals surface area contributed by atoms with Gasteiger partial charge in [-0.05, 0) is 19.5 Å². The predicted octanol–water partition coefficient (Wildman–Crippen LogP) is 3.79. The molecule has 0 radical (unpaired) electrons. The Kier molecular flexibility index (Phi) is 14.2. The molecule has 0 spiro atoms. The summed E-state index contributed by atoms with van der Waals surface area (Å²) in [6.07, 6.45) is 4.08. The summed E-state index contributed by atoms with van der Waals surface area (Å²) in [5, 5.41) is 0. The lowest BCUT2D eigenvalue weighted by Crippen LogP contribution is -2.22. The second-order valence-corrected chi connectivity index (χ2v) is 4.10. The molecule has 0 aromatic carbocycles. The Labute approximate surface area is 85.5 Å². The summed E-state index contributed by atoms with van der Waals surface area (Å²) >= 11 is 0. The molecule has 1 heteroatoms. The Bertz CT molecular complexity index is 77.2. The van der Waals surface area contributed by atoms with Crippen molar-refractivity contribution in [3.63, 3.8) is 0 Å². The lowest BCUT2D eigenvalue weighted by atomic mass is 10.2. The summed E-state index contributed by atoms with van der Waals surface area (Å²) < 4.78 is 0. The van der Waals surface area contributed by atoms with Crippen LogP contribution >= 0.6 is 0 Å². The van der Waals surface area contributed by atoms with Gasteiger partial charge < -0.3 is 4.90 Å². The van der Waals surface area contributed by atoms with Crippen LogP contribution in [0.4, 0.5) is 0 Å². The fourth-order valence-corrected chi connectivity index (χ4v) is 1.11. The van der Waals surface area contributed by atoms with Crippen molar-refractivity contribution in [3.05, 3.63) is 0 Å². The molecule has 0 atom stereocenters. The number of hydrogen-bond acceptors (Lipinski definition) is 1. The normalized spacial score (nSPS) is 10.2. The van der Waals surface area contributed by atoms with Gasteiger partial charge in [-0.2, -0.15) is 0 Å². The Morgan fingerprint density at radius 1 is 1.00 bits per heavy atom. The highest BCUT2D eigenvalue weighted by atomic mass is 15.1. The molecule has 0 saturated carbocycles. The molecule has 82 valence electrons. The summed E-state index contributed by atoms with van der Waals surface area (Å²) in [7, 11) is 2.15. The van der Waals surface area contributed by atoms with Gasteiger partial charge in [0, 0.05) is 6.54 Å². The summed E-state index contributed by atoms with van der Waals surface area (Å²) in [5.41, 5.74) is 0. The number of rotatable bonds is 5. The molecule has 0 unspecified atom stereocenters. The molecule has 0 aromatic heterocycles. The summed E-state index contributed by atoms with van der Waals surface area (Å²) in [6.45, 7) is 13.5. The van der Waals surface area contributed by atoms with Crippen molar-refractivity contribution in [3.8, 4) is 0 Å². The van der Waals surface area contributed by atoms with Gasteiger partial charge in [0.05, 0.1) is 0 Å². The van der Waals surface area contributed by atoms with Crippen molar-refractivity contribution in [2.45, 2.75) is 53.9 Å². The van der Waals surface area contributed by atoms with Crippen LogP contribution in [0.5, 0.6) is 0 Å². The molecule has 0 N–H and O–H groups in total. The molecule has 0 aliphatic carbocycles. The molecule has 1 nitrogen and oxygen atoms in total. The number of nitrogens with zero attached hydrogens (tertiary/aromatic N) is 1. The van der Waals surface area contributed by atoms with Crippen molar-refractivity contribution >= 4 is 0 Å². The molecule has 0 saturated heterocycles. The maximum absolute atomic E-state index is 2.32. The third-order valence-corrected chi connectivity index (χ3v) is 1.92. The molecule has 0 rings (SSSR count). The topological polar surface area (TPSA) is 3.24 Å². The van der Waals surface area contributed by atoms with Crippen LogP contribution in [0.25, 0.3) is 0 Å². The zero-order chi connectivity index (χ0) is 10.7. The lowest BCUT2D eigenvalue weighted by Gasteiger charge is -2.15. The van der Waals surface area contributed by atoms with E-state index in [4.69, 9.17) is 0 Å². The van der Waals surface area contributed by atoms with Gasteiger partial charge in [-0.15, -0.1) is 0 Å². The third-order valence-electron chi connectivity index (χ3n) is 1.92. The number of hydrogen-bond donors (Lipinski definition) is 0. The van der Waals surface area contributed by atoms with Gasteiger partial charge >= 0.3 is 0 Å². The summed E-state index contributed by atoms with van der Waals surface area (Å²) in [6, 6.07) is 0. The molecular weight excluding hydrogens is 158 g/mol. The minimum atomic E-state index is 0.806. The van der Waals surface area contributed by atoms with Crippen LogP contribution in [0.15, 0.2) is 0 Å². The van der Waals surface area contributed by atoms with Gasteiger partial charge in [-0.25, -0.2) is 0 Å². The molecule has 0 aliphatic heterocycles. The standard InChI is InChI=1S/C7H17N.C5H12/c1-5-8(4)6-7(2)3;1-3-5-4-2/h7H,5-6H2,1-4H3;3-5H2,1-2H3. The largest absolute Gasteiger partial charge is 0.306 e. The summed E-state index contributed by atoms with van der Waals surface area (Å²) in [4.78, 5) is 2.32. The van der Waals surface area contributed by atoms with E-state index in [9.17, 15) is 0 Å². The van der Waals surface area contributed by atoms with E-state index in [1.165, 1.54) is 25.8 Å². The first-order chi connectivity index (χ1) is 6.08. The first-order valence-electron chi connectivity index (χ1n) is 5.76. The minimum absolute atomic E-state index is 0.806. The quantitative estimate of drug-likeness (QED) is 0.633. The zero-order valence-electron chi connectivity index (χ0n) is 10.6. The van der Waals surface area contributed by atoms with Crippen LogP contribution in [-0.4, -0.2) is 25.0 Å². The first kappa shape index (κ1) is 15.4. The van der Waals surface area contributed by atoms with Crippen molar-refractivity contribution in [1.29, 1.82) is 0 Å². The average molecular weight is 187 g/mol. The van der Waals surface area contributed by atoms with E-state index in [2.05, 4.69) is 46.6 Å². The SMILES string of the molecule is CCCCC.CCN(C)CC(C)C. The number of unbranched alkanes of at least 4 members (excludes halogenated alkanes) is 2. The zero-order valence-corrected chi connectivity index (χ0v) is 10.6. The van der Waals surface area contributed by atoms with Crippen LogP contribution in [0, 0.1) is 5.92 Å². The molecule has 0 heterocycles. The van der Waals surface area contributed by atoms with Gasteiger partial charge in [0.2, 0.25) is 0 Å². The third kappa shape index (κ3) is 18.7. The summed E-state index contributed by atoms with van der Waals surface area (Å²) in [5.74, 6) is 0.806. The van der Waals surface area contributed by atoms with Gasteiger partial charge in [0.25, 0.3) is 0 Å². The lowest BCUT2D eigenvalue weighted by molar-refractivity contribution is 0.310. The molecule has 0 aliphatic rings. The molecule has 13 heavy (non-hydrogen) atoms. The van der Waals surface area contributed by atoms with E-state index >= 15 is 0 Å². The van der Waals surface area contributed by atoms with Crippen molar-refractivity contribution < 1.29 is 0 Å². The van der Waals surface area contributed by atoms with E-state index in [0.29, 0.717) is 0 Å². The fourth-order valence-electron chi connectivity index (χ4n) is 1.11. The Balaban J connectivity index is 0. The van der Waals surface area contributed by atoms with E-state index < -0.39 is 0 Å². The minimum Gasteiger partial charge on any atom is -0.306 e.